The molecule has 1 rings (SSSR count). The molecule has 0 saturated carbocycles. The topological polar surface area (TPSA) is 20.3 Å². The molecule has 2 nitrogen and oxygen atoms in total. The van der Waals surface area contributed by atoms with Crippen molar-refractivity contribution in [3.05, 3.63) is 19.8 Å². The van der Waals surface area contributed by atoms with Crippen LogP contribution >= 0.6 is 34.5 Å². The van der Waals surface area contributed by atoms with Gasteiger partial charge in [0.05, 0.1) is 10.0 Å². The summed E-state index contributed by atoms with van der Waals surface area (Å²) in [7, 11) is 3.36. The first kappa shape index (κ1) is 10.8. The quantitative estimate of drug-likeness (QED) is 0.736. The third-order valence-electron chi connectivity index (χ3n) is 1.56. The number of rotatable bonds is 1. The molecule has 1 amide bonds. The molecule has 0 bridgehead atoms. The lowest BCUT2D eigenvalue weighted by Crippen LogP contribution is -2.20. The molecule has 0 radical (unpaired) electrons. The van der Waals surface area contributed by atoms with Crippen LogP contribution in [-0.4, -0.2) is 24.9 Å². The van der Waals surface area contributed by atoms with Crippen LogP contribution in [0.2, 0.25) is 10.0 Å². The lowest BCUT2D eigenvalue weighted by Gasteiger charge is -2.07. The van der Waals surface area contributed by atoms with Crippen LogP contribution in [0.5, 0.6) is 0 Å². The van der Waals surface area contributed by atoms with Crippen molar-refractivity contribution < 1.29 is 4.79 Å². The van der Waals surface area contributed by atoms with Crippen molar-refractivity contribution in [3.63, 3.8) is 0 Å². The van der Waals surface area contributed by atoms with Gasteiger partial charge in [0.15, 0.2) is 0 Å². The average Bonchev–Trinajstić information content (AvgIpc) is 2.31. The fourth-order valence-corrected chi connectivity index (χ4v) is 2.46. The second-order valence-corrected chi connectivity index (χ2v) is 4.80. The molecule has 0 aromatic carbocycles. The van der Waals surface area contributed by atoms with E-state index in [-0.39, 0.29) is 5.91 Å². The van der Waals surface area contributed by atoms with Crippen molar-refractivity contribution in [2.75, 3.05) is 14.1 Å². The smallest absolute Gasteiger partial charge is 0.265 e. The van der Waals surface area contributed by atoms with E-state index in [9.17, 15) is 4.79 Å². The van der Waals surface area contributed by atoms with E-state index >= 15 is 0 Å². The minimum Gasteiger partial charge on any atom is -0.344 e. The maximum atomic E-state index is 11.5. The molecule has 0 N–H and O–H groups in total. The summed E-state index contributed by atoms with van der Waals surface area (Å²) in [5, 5.41) is 0.847. The van der Waals surface area contributed by atoms with E-state index in [2.05, 4.69) is 0 Å². The molecule has 0 fully saturated rings. The van der Waals surface area contributed by atoms with Crippen molar-refractivity contribution in [3.8, 4) is 0 Å². The van der Waals surface area contributed by atoms with E-state index < -0.39 is 0 Å². The summed E-state index contributed by atoms with van der Waals surface area (Å²) < 4.78 is 0. The Morgan fingerprint density at radius 3 is 2.15 bits per heavy atom. The highest BCUT2D eigenvalue weighted by atomic mass is 35.5. The number of carbonyl (C=O) groups is 1. The molecule has 0 aliphatic heterocycles. The largest absolute Gasteiger partial charge is 0.344 e. The summed E-state index contributed by atoms with van der Waals surface area (Å²) in [6.07, 6.45) is 0. The Morgan fingerprint density at radius 2 is 1.85 bits per heavy atom. The SMILES string of the molecule is Cc1sc(C(=O)N(C)C)c(Cl)c1Cl. The second-order valence-electron chi connectivity index (χ2n) is 2.81. The summed E-state index contributed by atoms with van der Waals surface area (Å²) in [6.45, 7) is 1.84. The number of aryl methyl sites for hydroxylation is 1. The molecule has 0 saturated heterocycles. The van der Waals surface area contributed by atoms with Crippen molar-refractivity contribution >= 4 is 40.4 Å². The van der Waals surface area contributed by atoms with Crippen molar-refractivity contribution in [2.24, 2.45) is 0 Å². The molecule has 5 heteroatoms. The Kier molecular flexibility index (Phi) is 3.22. The fraction of sp³-hybridized carbons (Fsp3) is 0.375. The minimum atomic E-state index is -0.106. The summed E-state index contributed by atoms with van der Waals surface area (Å²) in [6, 6.07) is 0. The maximum Gasteiger partial charge on any atom is 0.265 e. The zero-order valence-corrected chi connectivity index (χ0v) is 9.85. The Labute approximate surface area is 91.1 Å². The first-order chi connectivity index (χ1) is 5.95. The fourth-order valence-electron chi connectivity index (χ4n) is 0.838. The molecular weight excluding hydrogens is 229 g/mol. The Hall–Kier alpha value is -0.250. The van der Waals surface area contributed by atoms with Gasteiger partial charge in [-0.3, -0.25) is 4.79 Å². The van der Waals surface area contributed by atoms with Crippen molar-refractivity contribution in [1.82, 2.24) is 4.90 Å². The van der Waals surface area contributed by atoms with E-state index in [1.54, 1.807) is 14.1 Å². The van der Waals surface area contributed by atoms with Crippen LogP contribution in [0, 0.1) is 6.92 Å². The van der Waals surface area contributed by atoms with Gasteiger partial charge in [-0.2, -0.15) is 0 Å². The number of hydrogen-bond acceptors (Lipinski definition) is 2. The molecule has 1 heterocycles. The normalized spacial score (nSPS) is 10.2. The van der Waals surface area contributed by atoms with Gasteiger partial charge in [-0.1, -0.05) is 23.2 Å². The van der Waals surface area contributed by atoms with E-state index in [0.717, 1.165) is 4.88 Å². The highest BCUT2D eigenvalue weighted by Gasteiger charge is 2.19. The highest BCUT2D eigenvalue weighted by Crippen LogP contribution is 2.36. The lowest BCUT2D eigenvalue weighted by atomic mass is 10.4. The molecule has 0 spiro atoms. The van der Waals surface area contributed by atoms with Gasteiger partial charge in [-0.25, -0.2) is 0 Å². The third-order valence-corrected chi connectivity index (χ3v) is 3.82. The Bertz CT molecular complexity index is 346. The standard InChI is InChI=1S/C8H9Cl2NOS/c1-4-5(9)6(10)7(13-4)8(12)11(2)3/h1-3H3. The van der Waals surface area contributed by atoms with E-state index in [4.69, 9.17) is 23.2 Å². The van der Waals surface area contributed by atoms with Crippen LogP contribution < -0.4 is 0 Å². The van der Waals surface area contributed by atoms with Gasteiger partial charge in [0.2, 0.25) is 0 Å². The van der Waals surface area contributed by atoms with Crippen molar-refractivity contribution in [2.45, 2.75) is 6.92 Å². The van der Waals surface area contributed by atoms with Crippen LogP contribution in [0.15, 0.2) is 0 Å². The van der Waals surface area contributed by atoms with Gasteiger partial charge >= 0.3 is 0 Å². The van der Waals surface area contributed by atoms with Crippen LogP contribution in [-0.2, 0) is 0 Å². The second kappa shape index (κ2) is 3.86. The number of hydrogen-bond donors (Lipinski definition) is 0. The molecule has 13 heavy (non-hydrogen) atoms. The molecule has 72 valence electrons. The lowest BCUT2D eigenvalue weighted by molar-refractivity contribution is 0.0832. The van der Waals surface area contributed by atoms with E-state index in [0.29, 0.717) is 14.9 Å². The Balaban J connectivity index is 3.16. The summed E-state index contributed by atoms with van der Waals surface area (Å²) >= 11 is 13.1. The van der Waals surface area contributed by atoms with Crippen molar-refractivity contribution in [1.29, 1.82) is 0 Å². The maximum absolute atomic E-state index is 11.5. The molecule has 0 aliphatic carbocycles. The molecule has 0 aliphatic rings. The molecular formula is C8H9Cl2NOS. The average molecular weight is 238 g/mol. The van der Waals surface area contributed by atoms with Gasteiger partial charge in [-0.15, -0.1) is 11.3 Å². The summed E-state index contributed by atoms with van der Waals surface area (Å²) in [5.41, 5.74) is 0. The van der Waals surface area contributed by atoms with Crippen LogP contribution in [0.1, 0.15) is 14.5 Å². The number of amides is 1. The predicted molar refractivity (Wildman–Crippen MR) is 57.1 cm³/mol. The Morgan fingerprint density at radius 1 is 1.31 bits per heavy atom. The first-order valence-corrected chi connectivity index (χ1v) is 5.18. The number of thiophene rings is 1. The van der Waals surface area contributed by atoms with Crippen LogP contribution in [0.3, 0.4) is 0 Å². The molecule has 0 unspecified atom stereocenters. The van der Waals surface area contributed by atoms with E-state index in [1.165, 1.54) is 16.2 Å². The third kappa shape index (κ3) is 1.98. The summed E-state index contributed by atoms with van der Waals surface area (Å²) in [5.74, 6) is -0.106. The zero-order valence-electron chi connectivity index (χ0n) is 7.52. The van der Waals surface area contributed by atoms with E-state index in [1.807, 2.05) is 6.92 Å². The van der Waals surface area contributed by atoms with Gasteiger partial charge < -0.3 is 4.90 Å². The number of halogens is 2. The minimum absolute atomic E-state index is 0.106. The van der Waals surface area contributed by atoms with Crippen LogP contribution in [0.4, 0.5) is 0 Å². The number of nitrogens with zero attached hydrogens (tertiary/aromatic N) is 1. The number of carbonyl (C=O) groups excluding carboxylic acids is 1. The highest BCUT2D eigenvalue weighted by molar-refractivity contribution is 7.15. The predicted octanol–water partition coefficient (Wildman–Crippen LogP) is 3.07. The zero-order chi connectivity index (χ0) is 10.2. The summed E-state index contributed by atoms with van der Waals surface area (Å²) in [4.78, 5) is 14.4. The van der Waals surface area contributed by atoms with Gasteiger partial charge in [0, 0.05) is 19.0 Å². The monoisotopic (exact) mass is 237 g/mol. The molecule has 1 aromatic rings. The first-order valence-electron chi connectivity index (χ1n) is 3.61. The van der Waals surface area contributed by atoms with Gasteiger partial charge in [0.25, 0.3) is 5.91 Å². The molecule has 1 aromatic heterocycles. The van der Waals surface area contributed by atoms with Gasteiger partial charge in [0.1, 0.15) is 4.88 Å². The van der Waals surface area contributed by atoms with Gasteiger partial charge in [-0.05, 0) is 6.92 Å². The van der Waals surface area contributed by atoms with Crippen LogP contribution in [0.25, 0.3) is 0 Å². The molecule has 0 atom stereocenters.